The van der Waals surface area contributed by atoms with Crippen molar-refractivity contribution in [1.82, 2.24) is 9.97 Å². The topological polar surface area (TPSA) is 32.3 Å². The van der Waals surface area contributed by atoms with Gasteiger partial charge in [-0.3, -0.25) is 4.98 Å². The van der Waals surface area contributed by atoms with Crippen LogP contribution in [0.4, 0.5) is 38.5 Å². The molecule has 5 heteroatoms. The van der Waals surface area contributed by atoms with E-state index in [0.717, 1.165) is 105 Å². The molecule has 0 bridgehead atoms. The minimum Gasteiger partial charge on any atom is -0.309 e. The Labute approximate surface area is 386 Å². The molecule has 67 heavy (non-hydrogen) atoms. The minimum absolute atomic E-state index is 0.300. The third-order valence-corrected chi connectivity index (χ3v) is 13.2. The number of halogens is 1. The molecule has 0 N–H and O–H groups in total. The van der Waals surface area contributed by atoms with E-state index in [2.05, 4.69) is 216 Å². The lowest BCUT2D eigenvalue weighted by Gasteiger charge is -2.30. The van der Waals surface area contributed by atoms with Crippen LogP contribution in [0.5, 0.6) is 0 Å². The fourth-order valence-corrected chi connectivity index (χ4v) is 10.2. The van der Waals surface area contributed by atoms with Gasteiger partial charge in [0.05, 0.1) is 40.0 Å². The Bertz CT molecular complexity index is 3950. The van der Waals surface area contributed by atoms with Gasteiger partial charge in [-0.2, -0.15) is 0 Å². The predicted molar refractivity (Wildman–Crippen MR) is 279 cm³/mol. The van der Waals surface area contributed by atoms with Crippen molar-refractivity contribution in [3.63, 3.8) is 0 Å². The molecule has 314 valence electrons. The van der Waals surface area contributed by atoms with E-state index in [9.17, 15) is 4.39 Å². The van der Waals surface area contributed by atoms with Crippen LogP contribution in [-0.2, 0) is 0 Å². The number of rotatable bonds is 7. The van der Waals surface area contributed by atoms with E-state index in [0.29, 0.717) is 5.69 Å². The molecule has 0 aliphatic carbocycles. The van der Waals surface area contributed by atoms with E-state index < -0.39 is 0 Å². The first-order chi connectivity index (χ1) is 33.2. The monoisotopic (exact) mass is 858 g/mol. The van der Waals surface area contributed by atoms with Crippen LogP contribution < -0.4 is 9.80 Å². The smallest absolute Gasteiger partial charge is 0.123 e. The summed E-state index contributed by atoms with van der Waals surface area (Å²) in [6.45, 7) is 0. The van der Waals surface area contributed by atoms with Gasteiger partial charge < -0.3 is 9.80 Å². The zero-order valence-corrected chi connectivity index (χ0v) is 36.2. The quantitative estimate of drug-likeness (QED) is 0.118. The highest BCUT2D eigenvalue weighted by molar-refractivity contribution is 6.28. The molecule has 0 aliphatic rings. The Morgan fingerprint density at radius 2 is 0.836 bits per heavy atom. The van der Waals surface area contributed by atoms with Crippen molar-refractivity contribution in [2.75, 3.05) is 9.80 Å². The van der Waals surface area contributed by atoms with Crippen LogP contribution in [0.2, 0.25) is 0 Å². The third-order valence-electron chi connectivity index (χ3n) is 13.2. The number of fused-ring (bicyclic) bond motifs is 10. The first-order valence-electron chi connectivity index (χ1n) is 22.6. The summed E-state index contributed by atoms with van der Waals surface area (Å²) >= 11 is 0. The van der Waals surface area contributed by atoms with Crippen LogP contribution in [0.15, 0.2) is 237 Å². The van der Waals surface area contributed by atoms with E-state index in [1.807, 2.05) is 6.20 Å². The lowest BCUT2D eigenvalue weighted by molar-refractivity contribution is 0.628. The zero-order valence-electron chi connectivity index (χ0n) is 36.2. The van der Waals surface area contributed by atoms with Crippen molar-refractivity contribution < 1.29 is 4.39 Å². The van der Waals surface area contributed by atoms with Gasteiger partial charge >= 0.3 is 0 Å². The van der Waals surface area contributed by atoms with E-state index in [4.69, 9.17) is 9.97 Å². The second-order valence-corrected chi connectivity index (χ2v) is 17.1. The summed E-state index contributed by atoms with van der Waals surface area (Å²) in [6.07, 6.45) is 1.83. The van der Waals surface area contributed by atoms with Gasteiger partial charge in [-0.1, -0.05) is 152 Å². The van der Waals surface area contributed by atoms with Gasteiger partial charge in [-0.15, -0.1) is 0 Å². The molecule has 0 radical (unpaired) electrons. The normalized spacial score (nSPS) is 11.7. The van der Waals surface area contributed by atoms with Crippen molar-refractivity contribution in [2.24, 2.45) is 0 Å². The Morgan fingerprint density at radius 3 is 1.40 bits per heavy atom. The molecule has 0 saturated carbocycles. The molecule has 0 amide bonds. The molecule has 1 aromatic heterocycles. The van der Waals surface area contributed by atoms with Crippen LogP contribution in [0.3, 0.4) is 0 Å². The summed E-state index contributed by atoms with van der Waals surface area (Å²) in [6, 6.07) is 80.2. The second-order valence-electron chi connectivity index (χ2n) is 17.1. The maximum absolute atomic E-state index is 14.4. The highest BCUT2D eigenvalue weighted by Gasteiger charge is 2.25. The molecule has 0 unspecified atom stereocenters. The van der Waals surface area contributed by atoms with Gasteiger partial charge in [0.2, 0.25) is 0 Å². The average molecular weight is 859 g/mol. The minimum atomic E-state index is -0.300. The first kappa shape index (κ1) is 38.5. The third kappa shape index (κ3) is 6.35. The van der Waals surface area contributed by atoms with Gasteiger partial charge in [-0.05, 0) is 111 Å². The largest absolute Gasteiger partial charge is 0.309 e. The second kappa shape index (κ2) is 15.7. The summed E-state index contributed by atoms with van der Waals surface area (Å²) in [5.41, 5.74) is 9.19. The molecule has 4 nitrogen and oxygen atoms in total. The lowest BCUT2D eigenvalue weighted by atomic mass is 9.94. The number of nitrogens with zero attached hydrogens (tertiary/aromatic N) is 4. The number of anilines is 6. The summed E-state index contributed by atoms with van der Waals surface area (Å²) < 4.78 is 14.4. The average Bonchev–Trinajstić information content (AvgIpc) is 3.39. The van der Waals surface area contributed by atoms with Gasteiger partial charge in [0.15, 0.2) is 0 Å². The van der Waals surface area contributed by atoms with Crippen molar-refractivity contribution in [3.8, 4) is 11.3 Å². The van der Waals surface area contributed by atoms with Crippen molar-refractivity contribution in [3.05, 3.63) is 243 Å². The lowest BCUT2D eigenvalue weighted by Crippen LogP contribution is -2.12. The van der Waals surface area contributed by atoms with Crippen LogP contribution in [0.1, 0.15) is 0 Å². The predicted octanol–water partition coefficient (Wildman–Crippen LogP) is 17.3. The van der Waals surface area contributed by atoms with Crippen molar-refractivity contribution in [2.45, 2.75) is 0 Å². The van der Waals surface area contributed by atoms with Crippen LogP contribution in [0.25, 0.3) is 86.9 Å². The summed E-state index contributed by atoms with van der Waals surface area (Å²) in [5, 5.41) is 13.3. The Morgan fingerprint density at radius 1 is 0.343 bits per heavy atom. The molecular weight excluding hydrogens is 820 g/mol. The highest BCUT2D eigenvalue weighted by Crippen LogP contribution is 2.50. The number of aromatic nitrogens is 2. The Hall–Kier alpha value is -8.93. The molecule has 0 aliphatic heterocycles. The zero-order chi connectivity index (χ0) is 44.4. The molecule has 1 heterocycles. The number of hydrogen-bond acceptors (Lipinski definition) is 4. The highest BCUT2D eigenvalue weighted by atomic mass is 19.1. The fourth-order valence-electron chi connectivity index (χ4n) is 10.2. The summed E-state index contributed by atoms with van der Waals surface area (Å²) in [7, 11) is 0. The summed E-state index contributed by atoms with van der Waals surface area (Å²) in [5.74, 6) is -0.300. The number of para-hydroxylation sites is 2. The van der Waals surface area contributed by atoms with Crippen LogP contribution in [0, 0.1) is 5.82 Å². The maximum Gasteiger partial charge on any atom is 0.123 e. The summed E-state index contributed by atoms with van der Waals surface area (Å²) in [4.78, 5) is 15.7. The first-order valence-corrected chi connectivity index (χ1v) is 22.6. The van der Waals surface area contributed by atoms with E-state index in [-0.39, 0.29) is 5.82 Å². The van der Waals surface area contributed by atoms with Gasteiger partial charge in [0, 0.05) is 54.9 Å². The number of benzene rings is 12. The number of hydrogen-bond donors (Lipinski definition) is 0. The molecular formula is C62H39FN4. The molecule has 0 fully saturated rings. The van der Waals surface area contributed by atoms with E-state index >= 15 is 0 Å². The van der Waals surface area contributed by atoms with Crippen molar-refractivity contribution in [1.29, 1.82) is 0 Å². The van der Waals surface area contributed by atoms with Gasteiger partial charge in [0.1, 0.15) is 5.82 Å². The Kier molecular flexibility index (Phi) is 9.00. The van der Waals surface area contributed by atoms with Crippen molar-refractivity contribution >= 4 is 110 Å². The van der Waals surface area contributed by atoms with E-state index in [1.165, 1.54) is 22.9 Å². The van der Waals surface area contributed by atoms with Gasteiger partial charge in [-0.25, -0.2) is 9.37 Å². The fraction of sp³-hybridized carbons (Fsp3) is 0. The van der Waals surface area contributed by atoms with Gasteiger partial charge in [0.25, 0.3) is 0 Å². The molecule has 0 saturated heterocycles. The molecule has 13 aromatic rings. The molecule has 0 spiro atoms. The SMILES string of the molecule is Fc1ccc(-c2cnc3c4cc(N(c5ccccc5)c5c6ccccc6cc6ccccc56)ccc4c4cccc(N(c5ccccc5)c5c6ccccc6cc6ccccc56)c4c3n2)cc1. The maximum atomic E-state index is 14.4. The Balaban J connectivity index is 1.15. The molecule has 13 rings (SSSR count). The van der Waals surface area contributed by atoms with E-state index in [1.54, 1.807) is 12.1 Å². The molecule has 0 atom stereocenters. The standard InChI is InChI=1S/C62H39FN4/c63-45-32-30-40(31-33-45)56-39-64-59-55-38-48(66(46-20-3-1-4-21-46)61-49-24-11-7-16-41(49)36-42-17-8-12-25-50(42)61)34-35-53(55)54-28-15-29-57(58(54)60(59)65-56)67(47-22-5-2-6-23-47)62-51-26-13-9-18-43(51)37-44-19-10-14-27-52(44)62/h1-39H. The molecule has 12 aromatic carbocycles. The van der Waals surface area contributed by atoms with Crippen LogP contribution in [-0.4, -0.2) is 9.97 Å². The van der Waals surface area contributed by atoms with Crippen LogP contribution >= 0.6 is 0 Å².